The van der Waals surface area contributed by atoms with Crippen LogP contribution in [0, 0.1) is 0 Å². The molecule has 0 atom stereocenters. The van der Waals surface area contributed by atoms with Gasteiger partial charge in [0, 0.05) is 5.56 Å². The van der Waals surface area contributed by atoms with Crippen LogP contribution in [0.1, 0.15) is 60.8 Å². The van der Waals surface area contributed by atoms with Crippen LogP contribution in [-0.2, 0) is 25.7 Å². The first-order valence-electron chi connectivity index (χ1n) is 13.9. The van der Waals surface area contributed by atoms with Gasteiger partial charge in [0.1, 0.15) is 5.75 Å². The van der Waals surface area contributed by atoms with E-state index >= 15 is 0 Å². The zero-order chi connectivity index (χ0) is 26.1. The summed E-state index contributed by atoms with van der Waals surface area (Å²) < 4.78 is 0. The van der Waals surface area contributed by atoms with Gasteiger partial charge in [0.15, 0.2) is 11.5 Å². The molecule has 0 aromatic heterocycles. The van der Waals surface area contributed by atoms with Gasteiger partial charge in [-0.3, -0.25) is 0 Å². The Bertz CT molecular complexity index is 1040. The molecule has 3 aromatic rings. The molecule has 5 nitrogen and oxygen atoms in total. The lowest BCUT2D eigenvalue weighted by Crippen LogP contribution is -2.19. The number of benzene rings is 3. The third kappa shape index (κ3) is 10.9. The van der Waals surface area contributed by atoms with Crippen molar-refractivity contribution < 1.29 is 15.3 Å². The van der Waals surface area contributed by atoms with E-state index in [0.717, 1.165) is 55.7 Å². The Labute approximate surface area is 222 Å². The molecule has 3 rings (SSSR count). The van der Waals surface area contributed by atoms with Gasteiger partial charge in [-0.1, -0.05) is 74.2 Å². The van der Waals surface area contributed by atoms with E-state index in [4.69, 9.17) is 0 Å². The van der Waals surface area contributed by atoms with Gasteiger partial charge in [-0.25, -0.2) is 0 Å². The Morgan fingerprint density at radius 3 is 1.86 bits per heavy atom. The highest BCUT2D eigenvalue weighted by Crippen LogP contribution is 2.32. The molecule has 200 valence electrons. The molecule has 0 amide bonds. The smallest absolute Gasteiger partial charge is 0.160 e. The number of phenols is 3. The van der Waals surface area contributed by atoms with Crippen LogP contribution in [0.2, 0.25) is 0 Å². The number of aromatic hydroxyl groups is 3. The molecule has 37 heavy (non-hydrogen) atoms. The van der Waals surface area contributed by atoms with Gasteiger partial charge < -0.3 is 26.0 Å². The summed E-state index contributed by atoms with van der Waals surface area (Å²) in [5, 5.41) is 37.2. The van der Waals surface area contributed by atoms with Crippen LogP contribution in [0.5, 0.6) is 17.2 Å². The van der Waals surface area contributed by atoms with E-state index in [2.05, 4.69) is 41.0 Å². The fraction of sp³-hybridized carbons (Fsp3) is 0.438. The molecular weight excluding hydrogens is 460 g/mol. The molecule has 0 heterocycles. The Morgan fingerprint density at radius 1 is 0.514 bits per heavy atom. The Morgan fingerprint density at radius 2 is 1.16 bits per heavy atom. The standard InChI is InChI=1S/C32H44N2O3/c35-29-14-10-13-27(25-29)15-17-30-28(16-18-31(36)32(30)37)20-24-34-22-9-4-2-1-3-8-21-33-23-19-26-11-6-5-7-12-26/h5-7,10-14,16,18,25,33-37H,1-4,8-9,15,17,19-24H2. The van der Waals surface area contributed by atoms with Gasteiger partial charge in [-0.15, -0.1) is 0 Å². The maximum atomic E-state index is 10.4. The largest absolute Gasteiger partial charge is 0.508 e. The van der Waals surface area contributed by atoms with Gasteiger partial charge in [-0.2, -0.15) is 0 Å². The molecule has 0 fully saturated rings. The van der Waals surface area contributed by atoms with E-state index in [-0.39, 0.29) is 17.2 Å². The fourth-order valence-electron chi connectivity index (χ4n) is 4.72. The summed E-state index contributed by atoms with van der Waals surface area (Å²) in [6, 6.07) is 21.3. The molecule has 0 spiro atoms. The molecule has 5 N–H and O–H groups in total. The van der Waals surface area contributed by atoms with Crippen LogP contribution in [0.3, 0.4) is 0 Å². The normalized spacial score (nSPS) is 11.1. The summed E-state index contributed by atoms with van der Waals surface area (Å²) in [6.45, 7) is 4.01. The van der Waals surface area contributed by atoms with E-state index in [9.17, 15) is 15.3 Å². The lowest BCUT2D eigenvalue weighted by Gasteiger charge is -2.14. The number of rotatable bonds is 18. The first-order chi connectivity index (χ1) is 18.1. The SMILES string of the molecule is Oc1cccc(CCc2c(CCNCCCCCCCCNCCc3ccccc3)ccc(O)c2O)c1. The second-order valence-corrected chi connectivity index (χ2v) is 9.85. The second kappa shape index (κ2) is 16.7. The molecule has 0 aliphatic rings. The predicted molar refractivity (Wildman–Crippen MR) is 153 cm³/mol. The third-order valence-electron chi connectivity index (χ3n) is 6.89. The van der Waals surface area contributed by atoms with E-state index < -0.39 is 0 Å². The lowest BCUT2D eigenvalue weighted by molar-refractivity contribution is 0.398. The highest BCUT2D eigenvalue weighted by atomic mass is 16.3. The molecule has 0 aliphatic heterocycles. The van der Waals surface area contributed by atoms with Gasteiger partial charge >= 0.3 is 0 Å². The van der Waals surface area contributed by atoms with Crippen molar-refractivity contribution in [1.82, 2.24) is 10.6 Å². The highest BCUT2D eigenvalue weighted by molar-refractivity contribution is 5.49. The second-order valence-electron chi connectivity index (χ2n) is 9.85. The van der Waals surface area contributed by atoms with Gasteiger partial charge in [0.05, 0.1) is 0 Å². The molecule has 0 saturated heterocycles. The van der Waals surface area contributed by atoms with Crippen molar-refractivity contribution in [2.45, 2.75) is 64.2 Å². The molecule has 3 aromatic carbocycles. The zero-order valence-electron chi connectivity index (χ0n) is 22.1. The quantitative estimate of drug-likeness (QED) is 0.110. The van der Waals surface area contributed by atoms with Gasteiger partial charge in [0.25, 0.3) is 0 Å². The maximum absolute atomic E-state index is 10.4. The fourth-order valence-corrected chi connectivity index (χ4v) is 4.72. The topological polar surface area (TPSA) is 84.8 Å². The number of nitrogens with one attached hydrogen (secondary N) is 2. The van der Waals surface area contributed by atoms with Gasteiger partial charge in [0.2, 0.25) is 0 Å². The third-order valence-corrected chi connectivity index (χ3v) is 6.89. The average Bonchev–Trinajstić information content (AvgIpc) is 2.91. The van der Waals surface area contributed by atoms with Crippen LogP contribution in [0.15, 0.2) is 66.7 Å². The predicted octanol–water partition coefficient (Wildman–Crippen LogP) is 5.89. The van der Waals surface area contributed by atoms with E-state index in [1.165, 1.54) is 44.1 Å². The van der Waals surface area contributed by atoms with Crippen molar-refractivity contribution in [3.63, 3.8) is 0 Å². The summed E-state index contributed by atoms with van der Waals surface area (Å²) in [4.78, 5) is 0. The number of phenolic OH excluding ortho intramolecular Hbond substituents is 3. The summed E-state index contributed by atoms with van der Waals surface area (Å²) in [5.41, 5.74) is 4.25. The Kier molecular flexibility index (Phi) is 12.9. The summed E-state index contributed by atoms with van der Waals surface area (Å²) in [6.07, 6.45) is 10.8. The summed E-state index contributed by atoms with van der Waals surface area (Å²) >= 11 is 0. The number of unbranched alkanes of at least 4 members (excludes halogenated alkanes) is 5. The van der Waals surface area contributed by atoms with Crippen LogP contribution in [-0.4, -0.2) is 41.5 Å². The molecule has 0 unspecified atom stereocenters. The van der Waals surface area contributed by atoms with Crippen molar-refractivity contribution in [2.24, 2.45) is 0 Å². The van der Waals surface area contributed by atoms with E-state index in [0.29, 0.717) is 12.8 Å². The highest BCUT2D eigenvalue weighted by Gasteiger charge is 2.12. The molecule has 5 heteroatoms. The molecule has 0 saturated carbocycles. The first-order valence-corrected chi connectivity index (χ1v) is 13.9. The summed E-state index contributed by atoms with van der Waals surface area (Å²) in [7, 11) is 0. The monoisotopic (exact) mass is 504 g/mol. The minimum atomic E-state index is -0.0782. The van der Waals surface area contributed by atoms with Crippen molar-refractivity contribution in [3.05, 3.63) is 89.0 Å². The van der Waals surface area contributed by atoms with Crippen molar-refractivity contribution in [1.29, 1.82) is 0 Å². The number of aryl methyl sites for hydroxylation is 1. The lowest BCUT2D eigenvalue weighted by atomic mass is 9.96. The Balaban J connectivity index is 1.22. The van der Waals surface area contributed by atoms with Crippen LogP contribution in [0.25, 0.3) is 0 Å². The number of hydrogen-bond acceptors (Lipinski definition) is 5. The van der Waals surface area contributed by atoms with Gasteiger partial charge in [-0.05, 0) is 99.6 Å². The molecular formula is C32H44N2O3. The van der Waals surface area contributed by atoms with Crippen LogP contribution >= 0.6 is 0 Å². The summed E-state index contributed by atoms with van der Waals surface area (Å²) in [5.74, 6) is 0.142. The number of hydrogen-bond donors (Lipinski definition) is 5. The zero-order valence-corrected chi connectivity index (χ0v) is 22.1. The minimum absolute atomic E-state index is 0.0240. The van der Waals surface area contributed by atoms with Crippen molar-refractivity contribution in [3.8, 4) is 17.2 Å². The maximum Gasteiger partial charge on any atom is 0.160 e. The van der Waals surface area contributed by atoms with Crippen LogP contribution < -0.4 is 10.6 Å². The molecule has 0 aliphatic carbocycles. The molecule has 0 bridgehead atoms. The van der Waals surface area contributed by atoms with Crippen LogP contribution in [0.4, 0.5) is 0 Å². The van der Waals surface area contributed by atoms with Crippen molar-refractivity contribution >= 4 is 0 Å². The first kappa shape index (κ1) is 28.5. The van der Waals surface area contributed by atoms with Crippen molar-refractivity contribution in [2.75, 3.05) is 26.2 Å². The molecule has 0 radical (unpaired) electrons. The Hall–Kier alpha value is -3.02. The van der Waals surface area contributed by atoms with E-state index in [1.54, 1.807) is 18.2 Å². The van der Waals surface area contributed by atoms with E-state index in [1.807, 2.05) is 18.2 Å². The average molecular weight is 505 g/mol. The minimum Gasteiger partial charge on any atom is -0.508 e.